The third kappa shape index (κ3) is 2.83. The van der Waals surface area contributed by atoms with Gasteiger partial charge in [-0.25, -0.2) is 0 Å². The molecule has 1 heterocycles. The molecule has 24 heavy (non-hydrogen) atoms. The highest BCUT2D eigenvalue weighted by molar-refractivity contribution is 7.07. The van der Waals surface area contributed by atoms with Crippen LogP contribution in [0.15, 0.2) is 65.4 Å². The number of carbonyl (C=O) groups is 1. The van der Waals surface area contributed by atoms with Gasteiger partial charge in [0, 0.05) is 12.3 Å². The molecular formula is C22H20OS. The summed E-state index contributed by atoms with van der Waals surface area (Å²) in [7, 11) is 0. The second-order valence-corrected chi connectivity index (χ2v) is 7.26. The molecule has 2 unspecified atom stereocenters. The van der Waals surface area contributed by atoms with Crippen molar-refractivity contribution in [2.75, 3.05) is 0 Å². The molecule has 0 radical (unpaired) electrons. The molecule has 2 aliphatic carbocycles. The van der Waals surface area contributed by atoms with Gasteiger partial charge in [-0.05, 0) is 51.4 Å². The van der Waals surface area contributed by atoms with Crippen LogP contribution in [0, 0.1) is 5.92 Å². The zero-order valence-electron chi connectivity index (χ0n) is 13.5. The third-order valence-electron chi connectivity index (χ3n) is 5.01. The quantitative estimate of drug-likeness (QED) is 0.488. The van der Waals surface area contributed by atoms with Gasteiger partial charge in [0.25, 0.3) is 0 Å². The summed E-state index contributed by atoms with van der Waals surface area (Å²) in [4.78, 5) is 12.3. The van der Waals surface area contributed by atoms with E-state index in [2.05, 4.69) is 48.6 Å². The Balaban J connectivity index is 0.000000252. The average molecular weight is 332 g/mol. The molecule has 0 spiro atoms. The summed E-state index contributed by atoms with van der Waals surface area (Å²) in [6.45, 7) is 0. The van der Waals surface area contributed by atoms with Crippen LogP contribution in [0.1, 0.15) is 36.3 Å². The van der Waals surface area contributed by atoms with E-state index in [1.54, 1.807) is 11.3 Å². The van der Waals surface area contributed by atoms with Crippen molar-refractivity contribution < 1.29 is 4.79 Å². The van der Waals surface area contributed by atoms with Gasteiger partial charge in [0.2, 0.25) is 0 Å². The Hall–Kier alpha value is -2.19. The van der Waals surface area contributed by atoms with Crippen LogP contribution in [0.2, 0.25) is 0 Å². The van der Waals surface area contributed by atoms with Crippen molar-refractivity contribution in [2.24, 2.45) is 5.92 Å². The van der Waals surface area contributed by atoms with Gasteiger partial charge in [-0.1, -0.05) is 60.7 Å². The number of ketones is 1. The molecule has 2 atom stereocenters. The van der Waals surface area contributed by atoms with Crippen LogP contribution in [-0.2, 0) is 4.79 Å². The Morgan fingerprint density at radius 1 is 0.958 bits per heavy atom. The minimum Gasteiger partial charge on any atom is -0.299 e. The van der Waals surface area contributed by atoms with Crippen LogP contribution < -0.4 is 0 Å². The first-order valence-corrected chi connectivity index (χ1v) is 9.48. The van der Waals surface area contributed by atoms with Gasteiger partial charge >= 0.3 is 0 Å². The van der Waals surface area contributed by atoms with Gasteiger partial charge in [-0.2, -0.15) is 11.3 Å². The van der Waals surface area contributed by atoms with Gasteiger partial charge in [-0.3, -0.25) is 4.79 Å². The minimum atomic E-state index is 0.110. The van der Waals surface area contributed by atoms with Crippen molar-refractivity contribution in [2.45, 2.75) is 25.2 Å². The molecule has 1 nitrogen and oxygen atoms in total. The molecule has 2 aliphatic rings. The molecule has 5 rings (SSSR count). The fourth-order valence-corrected chi connectivity index (χ4v) is 4.35. The average Bonchev–Trinajstić information content (AvgIpc) is 3.21. The Morgan fingerprint density at radius 2 is 1.79 bits per heavy atom. The summed E-state index contributed by atoms with van der Waals surface area (Å²) in [6.07, 6.45) is 7.45. The molecule has 3 aromatic rings. The SMILES string of the molecule is O=C1CCCC2C=Cc3c(ccc4ccccc34)C12.c1ccsc1. The number of hydrogen-bond donors (Lipinski definition) is 0. The van der Waals surface area contributed by atoms with Crippen molar-refractivity contribution >= 4 is 34.0 Å². The summed E-state index contributed by atoms with van der Waals surface area (Å²) < 4.78 is 0. The highest BCUT2D eigenvalue weighted by Crippen LogP contribution is 2.43. The molecule has 120 valence electrons. The van der Waals surface area contributed by atoms with Gasteiger partial charge < -0.3 is 0 Å². The number of rotatable bonds is 0. The topological polar surface area (TPSA) is 17.1 Å². The summed E-state index contributed by atoms with van der Waals surface area (Å²) in [5.74, 6) is 0.963. The maximum absolute atomic E-state index is 12.3. The Morgan fingerprint density at radius 3 is 2.58 bits per heavy atom. The van der Waals surface area contributed by atoms with Crippen LogP contribution in [0.5, 0.6) is 0 Å². The Kier molecular flexibility index (Phi) is 4.31. The monoisotopic (exact) mass is 332 g/mol. The normalized spacial score (nSPS) is 21.6. The zero-order valence-corrected chi connectivity index (χ0v) is 14.3. The first-order valence-electron chi connectivity index (χ1n) is 8.54. The molecule has 1 saturated carbocycles. The highest BCUT2D eigenvalue weighted by atomic mass is 32.1. The second-order valence-electron chi connectivity index (χ2n) is 6.44. The predicted molar refractivity (Wildman–Crippen MR) is 102 cm³/mol. The minimum absolute atomic E-state index is 0.110. The molecule has 2 heteroatoms. The number of benzene rings is 2. The van der Waals surface area contributed by atoms with Gasteiger partial charge in [0.05, 0.1) is 0 Å². The standard InChI is InChI=1S/C18H16O.C4H4S/c19-17-7-3-5-13-9-10-15-14-6-2-1-4-12(14)8-11-16(15)18(13)17;1-2-4-5-3-1/h1-2,4,6,8-11,13,18H,3,5,7H2;1-4H. The van der Waals surface area contributed by atoms with Crippen LogP contribution >= 0.6 is 11.3 Å². The number of allylic oxidation sites excluding steroid dienone is 1. The summed E-state index contributed by atoms with van der Waals surface area (Å²) >= 11 is 1.71. The molecular weight excluding hydrogens is 312 g/mol. The zero-order chi connectivity index (χ0) is 16.4. The van der Waals surface area contributed by atoms with Crippen LogP contribution in [-0.4, -0.2) is 5.78 Å². The van der Waals surface area contributed by atoms with E-state index in [0.29, 0.717) is 11.7 Å². The largest absolute Gasteiger partial charge is 0.299 e. The van der Waals surface area contributed by atoms with E-state index in [-0.39, 0.29) is 5.92 Å². The maximum Gasteiger partial charge on any atom is 0.140 e. The lowest BCUT2D eigenvalue weighted by atomic mass is 9.70. The Labute approximate surface area is 146 Å². The first kappa shape index (κ1) is 15.3. The summed E-state index contributed by atoms with van der Waals surface area (Å²) in [6, 6.07) is 16.8. The van der Waals surface area contributed by atoms with Crippen LogP contribution in [0.25, 0.3) is 16.8 Å². The number of hydrogen-bond acceptors (Lipinski definition) is 2. The van der Waals surface area contributed by atoms with Gasteiger partial charge in [-0.15, -0.1) is 0 Å². The highest BCUT2D eigenvalue weighted by Gasteiger charge is 2.35. The molecule has 0 saturated heterocycles. The van der Waals surface area contributed by atoms with Gasteiger partial charge in [0.15, 0.2) is 0 Å². The van der Waals surface area contributed by atoms with E-state index in [1.807, 2.05) is 22.9 Å². The van der Waals surface area contributed by atoms with E-state index >= 15 is 0 Å². The summed E-state index contributed by atoms with van der Waals surface area (Å²) in [5.41, 5.74) is 2.51. The molecule has 0 N–H and O–H groups in total. The fourth-order valence-electron chi connectivity index (χ4n) is 3.90. The second kappa shape index (κ2) is 6.74. The Bertz CT molecular complexity index is 859. The van der Waals surface area contributed by atoms with E-state index in [4.69, 9.17) is 0 Å². The molecule has 1 aromatic heterocycles. The lowest BCUT2D eigenvalue weighted by Crippen LogP contribution is -2.27. The fraction of sp³-hybridized carbons (Fsp3) is 0.227. The van der Waals surface area contributed by atoms with E-state index < -0.39 is 0 Å². The maximum atomic E-state index is 12.3. The molecule has 0 amide bonds. The first-order chi connectivity index (χ1) is 11.8. The van der Waals surface area contributed by atoms with Crippen molar-refractivity contribution in [1.29, 1.82) is 0 Å². The van der Waals surface area contributed by atoms with E-state index in [9.17, 15) is 4.79 Å². The van der Waals surface area contributed by atoms with Crippen LogP contribution in [0.3, 0.4) is 0 Å². The summed E-state index contributed by atoms with van der Waals surface area (Å²) in [5, 5.41) is 6.61. The lowest BCUT2D eigenvalue weighted by Gasteiger charge is -2.33. The van der Waals surface area contributed by atoms with Crippen molar-refractivity contribution in [3.05, 3.63) is 76.5 Å². The van der Waals surface area contributed by atoms with E-state index in [1.165, 1.54) is 21.9 Å². The molecule has 2 aromatic carbocycles. The lowest BCUT2D eigenvalue weighted by molar-refractivity contribution is -0.122. The van der Waals surface area contributed by atoms with Gasteiger partial charge in [0.1, 0.15) is 5.78 Å². The molecule has 0 bridgehead atoms. The van der Waals surface area contributed by atoms with Crippen molar-refractivity contribution in [3.8, 4) is 0 Å². The third-order valence-corrected chi connectivity index (χ3v) is 5.64. The predicted octanol–water partition coefficient (Wildman–Crippen LogP) is 6.07. The van der Waals surface area contributed by atoms with E-state index in [0.717, 1.165) is 19.3 Å². The number of fused-ring (bicyclic) bond motifs is 5. The number of thiophene rings is 1. The molecule has 1 fully saturated rings. The van der Waals surface area contributed by atoms with Crippen LogP contribution in [0.4, 0.5) is 0 Å². The van der Waals surface area contributed by atoms with Crippen molar-refractivity contribution in [3.63, 3.8) is 0 Å². The number of Topliss-reactive ketones (excluding diaryl/α,β-unsaturated/α-hetero) is 1. The van der Waals surface area contributed by atoms with Crippen molar-refractivity contribution in [1.82, 2.24) is 0 Å². The smallest absolute Gasteiger partial charge is 0.140 e. The molecule has 0 aliphatic heterocycles. The number of carbonyl (C=O) groups excluding carboxylic acids is 1.